The molecule has 0 aliphatic carbocycles. The molecule has 0 saturated carbocycles. The SMILES string of the molecule is C=CCCC(C)C(=O)N(C)OC. The van der Waals surface area contributed by atoms with Crippen LogP contribution in [0.15, 0.2) is 12.7 Å². The summed E-state index contributed by atoms with van der Waals surface area (Å²) in [5.74, 6) is 0.0206. The van der Waals surface area contributed by atoms with Crippen LogP contribution in [-0.4, -0.2) is 25.1 Å². The third-order valence-corrected chi connectivity index (χ3v) is 1.81. The summed E-state index contributed by atoms with van der Waals surface area (Å²) in [5.41, 5.74) is 0. The van der Waals surface area contributed by atoms with Gasteiger partial charge in [0.05, 0.1) is 7.11 Å². The first kappa shape index (κ1) is 11.2. The molecule has 0 aliphatic heterocycles. The summed E-state index contributed by atoms with van der Waals surface area (Å²) in [6.45, 7) is 5.49. The van der Waals surface area contributed by atoms with Gasteiger partial charge in [0.2, 0.25) is 5.91 Å². The summed E-state index contributed by atoms with van der Waals surface area (Å²) >= 11 is 0. The van der Waals surface area contributed by atoms with Crippen LogP contribution < -0.4 is 0 Å². The molecule has 0 fully saturated rings. The lowest BCUT2D eigenvalue weighted by Gasteiger charge is -2.17. The molecule has 70 valence electrons. The number of amides is 1. The number of carbonyl (C=O) groups excluding carboxylic acids is 1. The minimum absolute atomic E-state index is 0.00736. The highest BCUT2D eigenvalue weighted by atomic mass is 16.7. The van der Waals surface area contributed by atoms with Gasteiger partial charge in [-0.1, -0.05) is 13.0 Å². The Kier molecular flexibility index (Phi) is 5.37. The van der Waals surface area contributed by atoms with E-state index in [4.69, 9.17) is 4.84 Å². The van der Waals surface area contributed by atoms with Gasteiger partial charge in [-0.25, -0.2) is 5.06 Å². The van der Waals surface area contributed by atoms with Crippen LogP contribution in [0, 0.1) is 5.92 Å². The maximum Gasteiger partial charge on any atom is 0.248 e. The number of nitrogens with zero attached hydrogens (tertiary/aromatic N) is 1. The highest BCUT2D eigenvalue weighted by Crippen LogP contribution is 2.08. The highest BCUT2D eigenvalue weighted by molar-refractivity contribution is 5.77. The number of hydroxylamine groups is 2. The first-order valence-corrected chi connectivity index (χ1v) is 4.06. The van der Waals surface area contributed by atoms with Crippen molar-refractivity contribution in [2.45, 2.75) is 19.8 Å². The first-order chi connectivity index (χ1) is 5.63. The fraction of sp³-hybridized carbons (Fsp3) is 0.667. The van der Waals surface area contributed by atoms with E-state index in [-0.39, 0.29) is 11.8 Å². The number of hydrogen-bond acceptors (Lipinski definition) is 2. The number of carbonyl (C=O) groups is 1. The zero-order valence-electron chi connectivity index (χ0n) is 8.04. The Morgan fingerprint density at radius 2 is 2.33 bits per heavy atom. The van der Waals surface area contributed by atoms with Crippen molar-refractivity contribution in [3.05, 3.63) is 12.7 Å². The van der Waals surface area contributed by atoms with Gasteiger partial charge < -0.3 is 0 Å². The average molecular weight is 171 g/mol. The monoisotopic (exact) mass is 171 g/mol. The molecular weight excluding hydrogens is 154 g/mol. The zero-order chi connectivity index (χ0) is 9.56. The van der Waals surface area contributed by atoms with Crippen LogP contribution in [0.1, 0.15) is 19.8 Å². The fourth-order valence-corrected chi connectivity index (χ4v) is 0.892. The van der Waals surface area contributed by atoms with Gasteiger partial charge in [-0.15, -0.1) is 6.58 Å². The van der Waals surface area contributed by atoms with E-state index in [1.54, 1.807) is 7.05 Å². The van der Waals surface area contributed by atoms with Crippen molar-refractivity contribution < 1.29 is 9.63 Å². The molecule has 0 saturated heterocycles. The lowest BCUT2D eigenvalue weighted by atomic mass is 10.1. The molecule has 0 aromatic rings. The van der Waals surface area contributed by atoms with E-state index in [1.165, 1.54) is 12.2 Å². The molecule has 0 aliphatic rings. The van der Waals surface area contributed by atoms with Crippen LogP contribution >= 0.6 is 0 Å². The second-order valence-corrected chi connectivity index (χ2v) is 2.79. The molecule has 12 heavy (non-hydrogen) atoms. The third-order valence-electron chi connectivity index (χ3n) is 1.81. The Morgan fingerprint density at radius 1 is 1.75 bits per heavy atom. The van der Waals surface area contributed by atoms with Crippen molar-refractivity contribution in [1.29, 1.82) is 0 Å². The molecule has 0 spiro atoms. The number of rotatable bonds is 5. The molecule has 1 unspecified atom stereocenters. The van der Waals surface area contributed by atoms with E-state index in [0.717, 1.165) is 12.8 Å². The van der Waals surface area contributed by atoms with E-state index in [9.17, 15) is 4.79 Å². The average Bonchev–Trinajstić information content (AvgIpc) is 2.11. The molecule has 0 aromatic heterocycles. The van der Waals surface area contributed by atoms with E-state index in [2.05, 4.69) is 6.58 Å². The fourth-order valence-electron chi connectivity index (χ4n) is 0.892. The van der Waals surface area contributed by atoms with Crippen molar-refractivity contribution in [3.63, 3.8) is 0 Å². The molecule has 0 aromatic carbocycles. The number of allylic oxidation sites excluding steroid dienone is 1. The van der Waals surface area contributed by atoms with Crippen molar-refractivity contribution >= 4 is 5.91 Å². The maximum atomic E-state index is 11.3. The second kappa shape index (κ2) is 5.77. The van der Waals surface area contributed by atoms with Crippen LogP contribution in [0.4, 0.5) is 0 Å². The summed E-state index contributed by atoms with van der Waals surface area (Å²) in [7, 11) is 3.10. The summed E-state index contributed by atoms with van der Waals surface area (Å²) in [6, 6.07) is 0. The standard InChI is InChI=1S/C9H17NO2/c1-5-6-7-8(2)9(11)10(3)12-4/h5,8H,1,6-7H2,2-4H3. The summed E-state index contributed by atoms with van der Waals surface area (Å²) in [6.07, 6.45) is 3.51. The molecule has 0 rings (SSSR count). The third kappa shape index (κ3) is 3.53. The molecule has 1 atom stereocenters. The summed E-state index contributed by atoms with van der Waals surface area (Å²) in [5, 5.41) is 1.26. The summed E-state index contributed by atoms with van der Waals surface area (Å²) in [4.78, 5) is 16.1. The Hall–Kier alpha value is -0.830. The molecule has 0 radical (unpaired) electrons. The Balaban J connectivity index is 3.83. The van der Waals surface area contributed by atoms with Gasteiger partial charge in [-0.3, -0.25) is 9.63 Å². The highest BCUT2D eigenvalue weighted by Gasteiger charge is 2.15. The van der Waals surface area contributed by atoms with Crippen LogP contribution in [0.5, 0.6) is 0 Å². The smallest absolute Gasteiger partial charge is 0.248 e. The normalized spacial score (nSPS) is 12.2. The minimum atomic E-state index is 0.00736. The van der Waals surface area contributed by atoms with Gasteiger partial charge in [0.1, 0.15) is 0 Å². The molecule has 0 bridgehead atoms. The molecule has 3 heteroatoms. The van der Waals surface area contributed by atoms with Gasteiger partial charge in [-0.2, -0.15) is 0 Å². The van der Waals surface area contributed by atoms with Crippen LogP contribution in [0.3, 0.4) is 0 Å². The molecule has 0 N–H and O–H groups in total. The minimum Gasteiger partial charge on any atom is -0.275 e. The molecule has 1 amide bonds. The van der Waals surface area contributed by atoms with Crippen molar-refractivity contribution in [2.75, 3.05) is 14.2 Å². The molecule has 3 nitrogen and oxygen atoms in total. The van der Waals surface area contributed by atoms with Gasteiger partial charge in [0.25, 0.3) is 0 Å². The van der Waals surface area contributed by atoms with Gasteiger partial charge in [-0.05, 0) is 12.8 Å². The second-order valence-electron chi connectivity index (χ2n) is 2.79. The van der Waals surface area contributed by atoms with Crippen LogP contribution in [-0.2, 0) is 9.63 Å². The predicted molar refractivity (Wildman–Crippen MR) is 48.4 cm³/mol. The number of hydrogen-bond donors (Lipinski definition) is 0. The van der Waals surface area contributed by atoms with Crippen molar-refractivity contribution in [2.24, 2.45) is 5.92 Å². The maximum absolute atomic E-state index is 11.3. The predicted octanol–water partition coefficient (Wildman–Crippen LogP) is 1.61. The Morgan fingerprint density at radius 3 is 2.75 bits per heavy atom. The van der Waals surface area contributed by atoms with Crippen molar-refractivity contribution in [3.8, 4) is 0 Å². The van der Waals surface area contributed by atoms with Crippen LogP contribution in [0.2, 0.25) is 0 Å². The quantitative estimate of drug-likeness (QED) is 0.464. The van der Waals surface area contributed by atoms with E-state index >= 15 is 0 Å². The zero-order valence-corrected chi connectivity index (χ0v) is 8.04. The van der Waals surface area contributed by atoms with Gasteiger partial charge in [0, 0.05) is 13.0 Å². The van der Waals surface area contributed by atoms with Crippen LogP contribution in [0.25, 0.3) is 0 Å². The molecule has 0 heterocycles. The largest absolute Gasteiger partial charge is 0.275 e. The Bertz CT molecular complexity index is 157. The van der Waals surface area contributed by atoms with Gasteiger partial charge in [0.15, 0.2) is 0 Å². The van der Waals surface area contributed by atoms with Gasteiger partial charge >= 0.3 is 0 Å². The van der Waals surface area contributed by atoms with Crippen molar-refractivity contribution in [1.82, 2.24) is 5.06 Å². The lowest BCUT2D eigenvalue weighted by Crippen LogP contribution is -2.30. The summed E-state index contributed by atoms with van der Waals surface area (Å²) < 4.78 is 0. The lowest BCUT2D eigenvalue weighted by molar-refractivity contribution is -0.173. The Labute approximate surface area is 74.0 Å². The topological polar surface area (TPSA) is 29.5 Å². The van der Waals surface area contributed by atoms with E-state index < -0.39 is 0 Å². The van der Waals surface area contributed by atoms with E-state index in [1.807, 2.05) is 13.0 Å². The molecular formula is C9H17NO2. The van der Waals surface area contributed by atoms with E-state index in [0.29, 0.717) is 0 Å². The first-order valence-electron chi connectivity index (χ1n) is 4.06.